The molecule has 1 saturated heterocycles. The molecule has 0 aromatic heterocycles. The van der Waals surface area contributed by atoms with Gasteiger partial charge in [-0.05, 0) is 19.8 Å². The average Bonchev–Trinajstić information content (AvgIpc) is 2.18. The summed E-state index contributed by atoms with van der Waals surface area (Å²) in [5.41, 5.74) is 0.495. The van der Waals surface area contributed by atoms with Crippen LogP contribution in [0.5, 0.6) is 0 Å². The third-order valence-corrected chi connectivity index (χ3v) is 3.17. The van der Waals surface area contributed by atoms with E-state index < -0.39 is 0 Å². The Bertz CT molecular complexity index is 254. The summed E-state index contributed by atoms with van der Waals surface area (Å²) in [6.45, 7) is 10.6. The maximum absolute atomic E-state index is 11.3. The largest absolute Gasteiger partial charge is 0.462 e. The highest BCUT2D eigenvalue weighted by atomic mass is 16.6. The molecule has 1 aliphatic heterocycles. The number of hydrogen-bond donors (Lipinski definition) is 0. The van der Waals surface area contributed by atoms with E-state index in [1.165, 1.54) is 0 Å². The normalized spacial score (nSPS) is 29.4. The Morgan fingerprint density at radius 2 is 2.27 bits per heavy atom. The minimum absolute atomic E-state index is 0.0415. The van der Waals surface area contributed by atoms with E-state index in [0.717, 1.165) is 12.8 Å². The molecule has 0 aliphatic carbocycles. The Labute approximate surface area is 91.4 Å². The standard InChI is InChI=1S/C12H20O3/c1-5-10-12(6-2,7-14-10)8-15-11(13)9(3)4/h10H,3,5-8H2,1-2,4H3. The van der Waals surface area contributed by atoms with Gasteiger partial charge in [-0.3, -0.25) is 0 Å². The SMILES string of the molecule is C=C(C)C(=O)OCC1(CC)COC1CC. The second-order valence-corrected chi connectivity index (χ2v) is 4.28. The van der Waals surface area contributed by atoms with Gasteiger partial charge >= 0.3 is 5.97 Å². The number of esters is 1. The monoisotopic (exact) mass is 212 g/mol. The van der Waals surface area contributed by atoms with E-state index in [1.807, 2.05) is 0 Å². The third-order valence-electron chi connectivity index (χ3n) is 3.17. The van der Waals surface area contributed by atoms with Gasteiger partial charge in [-0.1, -0.05) is 20.4 Å². The van der Waals surface area contributed by atoms with Crippen LogP contribution in [0.2, 0.25) is 0 Å². The van der Waals surface area contributed by atoms with Crippen molar-refractivity contribution < 1.29 is 14.3 Å². The van der Waals surface area contributed by atoms with Gasteiger partial charge in [-0.15, -0.1) is 0 Å². The molecule has 0 aromatic rings. The van der Waals surface area contributed by atoms with E-state index >= 15 is 0 Å². The summed E-state index contributed by atoms with van der Waals surface area (Å²) in [6, 6.07) is 0. The summed E-state index contributed by atoms with van der Waals surface area (Å²) in [6.07, 6.45) is 2.19. The fourth-order valence-corrected chi connectivity index (χ4v) is 1.89. The average molecular weight is 212 g/mol. The molecule has 1 aliphatic rings. The third kappa shape index (κ3) is 2.40. The maximum Gasteiger partial charge on any atom is 0.333 e. The van der Waals surface area contributed by atoms with Gasteiger partial charge in [0, 0.05) is 5.57 Å². The number of carbonyl (C=O) groups excluding carboxylic acids is 1. The molecule has 1 rings (SSSR count). The molecule has 15 heavy (non-hydrogen) atoms. The highest BCUT2D eigenvalue weighted by Gasteiger charge is 2.46. The van der Waals surface area contributed by atoms with Crippen molar-refractivity contribution in [2.45, 2.75) is 39.7 Å². The first-order valence-electron chi connectivity index (χ1n) is 5.50. The molecule has 0 radical (unpaired) electrons. The van der Waals surface area contributed by atoms with Gasteiger partial charge in [0.1, 0.15) is 6.61 Å². The lowest BCUT2D eigenvalue weighted by atomic mass is 9.75. The molecule has 0 aromatic carbocycles. The molecule has 2 atom stereocenters. The second kappa shape index (κ2) is 4.79. The lowest BCUT2D eigenvalue weighted by molar-refractivity contribution is -0.213. The van der Waals surface area contributed by atoms with Crippen LogP contribution in [-0.2, 0) is 14.3 Å². The number of carbonyl (C=O) groups is 1. The summed E-state index contributed by atoms with van der Waals surface area (Å²) >= 11 is 0. The van der Waals surface area contributed by atoms with Crippen LogP contribution >= 0.6 is 0 Å². The first-order valence-corrected chi connectivity index (χ1v) is 5.50. The van der Waals surface area contributed by atoms with E-state index in [9.17, 15) is 4.79 Å². The molecule has 0 N–H and O–H groups in total. The molecule has 2 unspecified atom stereocenters. The minimum Gasteiger partial charge on any atom is -0.462 e. The van der Waals surface area contributed by atoms with E-state index in [-0.39, 0.29) is 17.5 Å². The zero-order valence-corrected chi connectivity index (χ0v) is 9.84. The zero-order chi connectivity index (χ0) is 11.5. The lowest BCUT2D eigenvalue weighted by Crippen LogP contribution is -2.54. The Hall–Kier alpha value is -0.830. The highest BCUT2D eigenvalue weighted by Crippen LogP contribution is 2.40. The Morgan fingerprint density at radius 3 is 2.60 bits per heavy atom. The second-order valence-electron chi connectivity index (χ2n) is 4.28. The van der Waals surface area contributed by atoms with Gasteiger partial charge < -0.3 is 9.47 Å². The highest BCUT2D eigenvalue weighted by molar-refractivity contribution is 5.86. The van der Waals surface area contributed by atoms with Crippen LogP contribution in [0.4, 0.5) is 0 Å². The summed E-state index contributed by atoms with van der Waals surface area (Å²) in [5.74, 6) is -0.301. The molecule has 86 valence electrons. The predicted molar refractivity (Wildman–Crippen MR) is 58.5 cm³/mol. The molecular weight excluding hydrogens is 192 g/mol. The van der Waals surface area contributed by atoms with Crippen LogP contribution in [-0.4, -0.2) is 25.3 Å². The van der Waals surface area contributed by atoms with E-state index in [1.54, 1.807) is 6.92 Å². The van der Waals surface area contributed by atoms with Crippen LogP contribution in [0, 0.1) is 5.41 Å². The van der Waals surface area contributed by atoms with Crippen molar-refractivity contribution in [1.82, 2.24) is 0 Å². The molecule has 0 spiro atoms. The predicted octanol–water partition coefficient (Wildman–Crippen LogP) is 2.31. The van der Waals surface area contributed by atoms with Crippen molar-refractivity contribution in [3.8, 4) is 0 Å². The number of hydrogen-bond acceptors (Lipinski definition) is 3. The Balaban J connectivity index is 2.48. The summed E-state index contributed by atoms with van der Waals surface area (Å²) in [5, 5.41) is 0. The molecule has 1 heterocycles. The summed E-state index contributed by atoms with van der Waals surface area (Å²) < 4.78 is 10.7. The van der Waals surface area contributed by atoms with Gasteiger partial charge in [0.05, 0.1) is 18.1 Å². The topological polar surface area (TPSA) is 35.5 Å². The fourth-order valence-electron chi connectivity index (χ4n) is 1.89. The van der Waals surface area contributed by atoms with Gasteiger partial charge in [0.15, 0.2) is 0 Å². The van der Waals surface area contributed by atoms with Crippen LogP contribution in [0.1, 0.15) is 33.6 Å². The van der Waals surface area contributed by atoms with Gasteiger partial charge in [-0.2, -0.15) is 0 Å². The Morgan fingerprint density at radius 1 is 1.60 bits per heavy atom. The molecule has 0 bridgehead atoms. The van der Waals surface area contributed by atoms with Crippen LogP contribution < -0.4 is 0 Å². The fraction of sp³-hybridized carbons (Fsp3) is 0.750. The van der Waals surface area contributed by atoms with Crippen LogP contribution in [0.3, 0.4) is 0 Å². The maximum atomic E-state index is 11.3. The van der Waals surface area contributed by atoms with Gasteiger partial charge in [0.2, 0.25) is 0 Å². The first-order chi connectivity index (χ1) is 7.05. The van der Waals surface area contributed by atoms with Crippen molar-refractivity contribution >= 4 is 5.97 Å². The molecule has 1 fully saturated rings. The smallest absolute Gasteiger partial charge is 0.333 e. The first kappa shape index (κ1) is 12.2. The van der Waals surface area contributed by atoms with Gasteiger partial charge in [0.25, 0.3) is 0 Å². The Kier molecular flexibility index (Phi) is 3.91. The molecule has 0 amide bonds. The quantitative estimate of drug-likeness (QED) is 0.518. The van der Waals surface area contributed by atoms with Crippen molar-refractivity contribution in [2.24, 2.45) is 5.41 Å². The van der Waals surface area contributed by atoms with E-state index in [4.69, 9.17) is 9.47 Å². The van der Waals surface area contributed by atoms with E-state index in [0.29, 0.717) is 18.8 Å². The lowest BCUT2D eigenvalue weighted by Gasteiger charge is -2.48. The molecule has 3 nitrogen and oxygen atoms in total. The van der Waals surface area contributed by atoms with Crippen molar-refractivity contribution in [2.75, 3.05) is 13.2 Å². The number of rotatable bonds is 5. The zero-order valence-electron chi connectivity index (χ0n) is 9.84. The van der Waals surface area contributed by atoms with Gasteiger partial charge in [-0.25, -0.2) is 4.79 Å². The summed E-state index contributed by atoms with van der Waals surface area (Å²) in [7, 11) is 0. The minimum atomic E-state index is -0.301. The van der Waals surface area contributed by atoms with Crippen molar-refractivity contribution in [3.05, 3.63) is 12.2 Å². The summed E-state index contributed by atoms with van der Waals surface area (Å²) in [4.78, 5) is 11.3. The van der Waals surface area contributed by atoms with Crippen molar-refractivity contribution in [1.29, 1.82) is 0 Å². The van der Waals surface area contributed by atoms with Crippen molar-refractivity contribution in [3.63, 3.8) is 0 Å². The molecule has 0 saturated carbocycles. The number of ether oxygens (including phenoxy) is 2. The molecular formula is C12H20O3. The van der Waals surface area contributed by atoms with Crippen LogP contribution in [0.15, 0.2) is 12.2 Å². The van der Waals surface area contributed by atoms with E-state index in [2.05, 4.69) is 20.4 Å². The molecule has 3 heteroatoms. The van der Waals surface area contributed by atoms with Crippen LogP contribution in [0.25, 0.3) is 0 Å².